The van der Waals surface area contributed by atoms with Gasteiger partial charge < -0.3 is 25.8 Å². The fourth-order valence-corrected chi connectivity index (χ4v) is 1.72. The lowest BCUT2D eigenvalue weighted by Gasteiger charge is -2.11. The number of urea groups is 1. The molecule has 0 bridgehead atoms. The first-order valence-corrected chi connectivity index (χ1v) is 6.67. The Labute approximate surface area is 123 Å². The van der Waals surface area contributed by atoms with Crippen LogP contribution in [0.2, 0.25) is 5.02 Å². The maximum Gasteiger partial charge on any atom is 0.319 e. The van der Waals surface area contributed by atoms with Gasteiger partial charge in [-0.1, -0.05) is 17.7 Å². The fraction of sp³-hybridized carbons (Fsp3) is 0.462. The summed E-state index contributed by atoms with van der Waals surface area (Å²) < 4.78 is 4.79. The Kier molecular flexibility index (Phi) is 7.98. The highest BCUT2D eigenvalue weighted by molar-refractivity contribution is 6.30. The number of aliphatic hydroxyl groups is 1. The van der Waals surface area contributed by atoms with Crippen molar-refractivity contribution in [2.75, 3.05) is 38.7 Å². The molecule has 20 heavy (non-hydrogen) atoms. The van der Waals surface area contributed by atoms with Crippen molar-refractivity contribution in [1.29, 1.82) is 0 Å². The molecule has 6 nitrogen and oxygen atoms in total. The summed E-state index contributed by atoms with van der Waals surface area (Å²) in [6, 6.07) is 6.62. The molecule has 7 heteroatoms. The number of rotatable bonds is 8. The van der Waals surface area contributed by atoms with Crippen LogP contribution in [0.3, 0.4) is 0 Å². The summed E-state index contributed by atoms with van der Waals surface area (Å²) in [5, 5.41) is 18.3. The van der Waals surface area contributed by atoms with Crippen LogP contribution in [0, 0.1) is 0 Å². The van der Waals surface area contributed by atoms with E-state index < -0.39 is 6.10 Å². The Morgan fingerprint density at radius 2 is 2.25 bits per heavy atom. The molecule has 0 heterocycles. The highest BCUT2D eigenvalue weighted by Crippen LogP contribution is 2.14. The number of halogens is 1. The standard InChI is InChI=1S/C13H20ClN3O3/c1-20-9-12(18)8-15-5-6-16-13(19)17-11-4-2-3-10(14)7-11/h2-4,7,12,15,18H,5-6,8-9H2,1H3,(H2,16,17,19). The summed E-state index contributed by atoms with van der Waals surface area (Å²) in [5.74, 6) is 0. The van der Waals surface area contributed by atoms with E-state index in [1.807, 2.05) is 0 Å². The van der Waals surface area contributed by atoms with Gasteiger partial charge in [-0.2, -0.15) is 0 Å². The summed E-state index contributed by atoms with van der Waals surface area (Å²) in [5.41, 5.74) is 0.637. The Morgan fingerprint density at radius 1 is 1.45 bits per heavy atom. The number of ether oxygens (including phenoxy) is 1. The van der Waals surface area contributed by atoms with Crippen molar-refractivity contribution in [1.82, 2.24) is 10.6 Å². The van der Waals surface area contributed by atoms with E-state index in [2.05, 4.69) is 16.0 Å². The summed E-state index contributed by atoms with van der Waals surface area (Å²) in [6.45, 7) is 1.72. The third-order valence-electron chi connectivity index (χ3n) is 2.41. The molecule has 0 aliphatic heterocycles. The van der Waals surface area contributed by atoms with Crippen LogP contribution >= 0.6 is 11.6 Å². The van der Waals surface area contributed by atoms with Crippen molar-refractivity contribution in [2.45, 2.75) is 6.10 Å². The maximum atomic E-state index is 11.6. The molecule has 1 unspecified atom stereocenters. The van der Waals surface area contributed by atoms with Gasteiger partial charge in [0, 0.05) is 37.5 Å². The van der Waals surface area contributed by atoms with Gasteiger partial charge in [-0.25, -0.2) is 4.79 Å². The quantitative estimate of drug-likeness (QED) is 0.541. The molecule has 1 aromatic rings. The van der Waals surface area contributed by atoms with Crippen molar-refractivity contribution >= 4 is 23.3 Å². The highest BCUT2D eigenvalue weighted by atomic mass is 35.5. The topological polar surface area (TPSA) is 82.6 Å². The zero-order chi connectivity index (χ0) is 14.8. The van der Waals surface area contributed by atoms with Crippen LogP contribution in [0.5, 0.6) is 0 Å². The van der Waals surface area contributed by atoms with Crippen LogP contribution in [-0.4, -0.2) is 50.6 Å². The second-order valence-corrected chi connectivity index (χ2v) is 4.64. The van der Waals surface area contributed by atoms with Gasteiger partial charge in [-0.15, -0.1) is 0 Å². The second-order valence-electron chi connectivity index (χ2n) is 4.20. The fourth-order valence-electron chi connectivity index (χ4n) is 1.53. The van der Waals surface area contributed by atoms with Gasteiger partial charge in [0.1, 0.15) is 0 Å². The normalized spacial score (nSPS) is 11.9. The van der Waals surface area contributed by atoms with Gasteiger partial charge in [0.05, 0.1) is 12.7 Å². The average molecular weight is 302 g/mol. The van der Waals surface area contributed by atoms with E-state index in [1.165, 1.54) is 7.11 Å². The molecule has 1 atom stereocenters. The number of hydrogen-bond acceptors (Lipinski definition) is 4. The molecule has 2 amide bonds. The van der Waals surface area contributed by atoms with Crippen LogP contribution in [0.1, 0.15) is 0 Å². The van der Waals surface area contributed by atoms with E-state index in [0.717, 1.165) is 0 Å². The first-order valence-electron chi connectivity index (χ1n) is 6.30. The lowest BCUT2D eigenvalue weighted by Crippen LogP contribution is -2.38. The summed E-state index contributed by atoms with van der Waals surface area (Å²) >= 11 is 5.81. The second kappa shape index (κ2) is 9.55. The van der Waals surface area contributed by atoms with Crippen LogP contribution in [-0.2, 0) is 4.74 Å². The van der Waals surface area contributed by atoms with E-state index in [-0.39, 0.29) is 12.6 Å². The van der Waals surface area contributed by atoms with Gasteiger partial charge in [-0.05, 0) is 18.2 Å². The summed E-state index contributed by atoms with van der Waals surface area (Å²) in [4.78, 5) is 11.6. The van der Waals surface area contributed by atoms with Crippen LogP contribution < -0.4 is 16.0 Å². The van der Waals surface area contributed by atoms with Gasteiger partial charge in [0.15, 0.2) is 0 Å². The Bertz CT molecular complexity index is 418. The maximum absolute atomic E-state index is 11.6. The zero-order valence-corrected chi connectivity index (χ0v) is 12.1. The SMILES string of the molecule is COCC(O)CNCCNC(=O)Nc1cccc(Cl)c1. The monoisotopic (exact) mass is 301 g/mol. The average Bonchev–Trinajstić information content (AvgIpc) is 2.38. The van der Waals surface area contributed by atoms with Crippen LogP contribution in [0.4, 0.5) is 10.5 Å². The highest BCUT2D eigenvalue weighted by Gasteiger charge is 2.03. The van der Waals surface area contributed by atoms with E-state index in [9.17, 15) is 9.90 Å². The third-order valence-corrected chi connectivity index (χ3v) is 2.64. The minimum atomic E-state index is -0.541. The smallest absolute Gasteiger partial charge is 0.319 e. The molecule has 0 spiro atoms. The minimum absolute atomic E-state index is 0.287. The van der Waals surface area contributed by atoms with Gasteiger partial charge in [-0.3, -0.25) is 0 Å². The number of methoxy groups -OCH3 is 1. The van der Waals surface area contributed by atoms with Crippen LogP contribution in [0.25, 0.3) is 0 Å². The Balaban J connectivity index is 2.11. The lowest BCUT2D eigenvalue weighted by atomic mass is 10.3. The van der Waals surface area contributed by atoms with Crippen molar-refractivity contribution in [3.05, 3.63) is 29.3 Å². The van der Waals surface area contributed by atoms with Crippen molar-refractivity contribution < 1.29 is 14.6 Å². The number of anilines is 1. The van der Waals surface area contributed by atoms with Gasteiger partial charge >= 0.3 is 6.03 Å². The minimum Gasteiger partial charge on any atom is -0.389 e. The molecule has 0 fully saturated rings. The number of aliphatic hydroxyl groups excluding tert-OH is 1. The van der Waals surface area contributed by atoms with Gasteiger partial charge in [0.25, 0.3) is 0 Å². The summed E-state index contributed by atoms with van der Waals surface area (Å²) in [7, 11) is 1.53. The molecule has 0 aliphatic rings. The molecule has 0 aliphatic carbocycles. The Morgan fingerprint density at radius 3 is 2.95 bits per heavy atom. The number of carbonyl (C=O) groups excluding carboxylic acids is 1. The van der Waals surface area contributed by atoms with Gasteiger partial charge in [0.2, 0.25) is 0 Å². The van der Waals surface area contributed by atoms with Crippen molar-refractivity contribution in [2.24, 2.45) is 0 Å². The first-order chi connectivity index (χ1) is 9.61. The lowest BCUT2D eigenvalue weighted by molar-refractivity contribution is 0.0648. The van der Waals surface area contributed by atoms with E-state index >= 15 is 0 Å². The zero-order valence-electron chi connectivity index (χ0n) is 11.4. The number of benzene rings is 1. The van der Waals surface area contributed by atoms with Crippen molar-refractivity contribution in [3.63, 3.8) is 0 Å². The number of nitrogens with one attached hydrogen (secondary N) is 3. The van der Waals surface area contributed by atoms with E-state index in [1.54, 1.807) is 24.3 Å². The predicted molar refractivity (Wildman–Crippen MR) is 79.2 cm³/mol. The molecule has 0 aromatic heterocycles. The molecule has 0 saturated heterocycles. The van der Waals surface area contributed by atoms with E-state index in [4.69, 9.17) is 16.3 Å². The summed E-state index contributed by atoms with van der Waals surface area (Å²) in [6.07, 6.45) is -0.541. The number of hydrogen-bond donors (Lipinski definition) is 4. The number of carbonyl (C=O) groups is 1. The molecule has 1 aromatic carbocycles. The largest absolute Gasteiger partial charge is 0.389 e. The molecule has 0 radical (unpaired) electrons. The molecule has 4 N–H and O–H groups in total. The van der Waals surface area contributed by atoms with E-state index in [0.29, 0.717) is 30.3 Å². The molecule has 112 valence electrons. The molecule has 0 saturated carbocycles. The van der Waals surface area contributed by atoms with Crippen LogP contribution in [0.15, 0.2) is 24.3 Å². The molecular weight excluding hydrogens is 282 g/mol. The molecular formula is C13H20ClN3O3. The first kappa shape index (κ1) is 16.7. The third kappa shape index (κ3) is 7.30. The van der Waals surface area contributed by atoms with Crippen molar-refractivity contribution in [3.8, 4) is 0 Å². The number of amides is 2. The molecule has 1 rings (SSSR count). The Hall–Kier alpha value is -1.34. The predicted octanol–water partition coefficient (Wildman–Crippen LogP) is 1.06.